The molecule has 0 saturated heterocycles. The predicted octanol–water partition coefficient (Wildman–Crippen LogP) is 0.894. The van der Waals surface area contributed by atoms with Crippen LogP contribution in [0.2, 0.25) is 0 Å². The fourth-order valence-corrected chi connectivity index (χ4v) is 3.00. The van der Waals surface area contributed by atoms with Gasteiger partial charge in [0, 0.05) is 12.6 Å². The highest BCUT2D eigenvalue weighted by molar-refractivity contribution is 7.89. The summed E-state index contributed by atoms with van der Waals surface area (Å²) in [4.78, 5) is 11.5. The van der Waals surface area contributed by atoms with Gasteiger partial charge in [0.1, 0.15) is 0 Å². The molecule has 7 heteroatoms. The van der Waals surface area contributed by atoms with E-state index in [1.54, 1.807) is 0 Å². The highest BCUT2D eigenvalue weighted by Crippen LogP contribution is 2.18. The zero-order valence-corrected chi connectivity index (χ0v) is 12.8. The summed E-state index contributed by atoms with van der Waals surface area (Å²) in [6.07, 6.45) is 3.16. The van der Waals surface area contributed by atoms with Gasteiger partial charge < -0.3 is 10.1 Å². The van der Waals surface area contributed by atoms with Crippen LogP contribution < -0.4 is 10.0 Å². The molecule has 1 aromatic carbocycles. The number of carbonyl (C=O) groups excluding carboxylic acids is 1. The van der Waals surface area contributed by atoms with Crippen molar-refractivity contribution in [2.75, 3.05) is 20.2 Å². The minimum atomic E-state index is -3.60. The topological polar surface area (TPSA) is 84.5 Å². The molecule has 21 heavy (non-hydrogen) atoms. The first kappa shape index (κ1) is 15.9. The van der Waals surface area contributed by atoms with Crippen LogP contribution in [0.25, 0.3) is 0 Å². The van der Waals surface area contributed by atoms with Gasteiger partial charge in [-0.3, -0.25) is 0 Å². The van der Waals surface area contributed by atoms with Crippen molar-refractivity contribution in [2.45, 2.75) is 30.2 Å². The number of methoxy groups -OCH3 is 1. The minimum Gasteiger partial charge on any atom is -0.465 e. The zero-order valence-electron chi connectivity index (χ0n) is 12.0. The second kappa shape index (κ2) is 7.02. The van der Waals surface area contributed by atoms with Crippen LogP contribution in [-0.4, -0.2) is 40.6 Å². The maximum Gasteiger partial charge on any atom is 0.337 e. The number of sulfonamides is 1. The quantitative estimate of drug-likeness (QED) is 0.550. The number of hydrogen-bond acceptors (Lipinski definition) is 5. The van der Waals surface area contributed by atoms with Crippen LogP contribution >= 0.6 is 0 Å². The maximum atomic E-state index is 12.1. The molecule has 1 aromatic rings. The minimum absolute atomic E-state index is 0.0700. The SMILES string of the molecule is COC(=O)c1cccc(S(=O)(=O)NCCCNC2CC2)c1. The molecule has 0 aromatic heterocycles. The molecule has 6 nitrogen and oxygen atoms in total. The molecular formula is C14H20N2O4S. The Balaban J connectivity index is 1.89. The molecule has 0 heterocycles. The third-order valence-electron chi connectivity index (χ3n) is 3.22. The Labute approximate surface area is 124 Å². The predicted molar refractivity (Wildman–Crippen MR) is 78.6 cm³/mol. The van der Waals surface area contributed by atoms with Gasteiger partial charge >= 0.3 is 5.97 Å². The van der Waals surface area contributed by atoms with E-state index in [2.05, 4.69) is 14.8 Å². The summed E-state index contributed by atoms with van der Waals surface area (Å²) in [5.41, 5.74) is 0.218. The summed E-state index contributed by atoms with van der Waals surface area (Å²) < 4.78 is 31.4. The van der Waals surface area contributed by atoms with E-state index in [0.29, 0.717) is 12.6 Å². The summed E-state index contributed by atoms with van der Waals surface area (Å²) in [6.45, 7) is 1.17. The fraction of sp³-hybridized carbons (Fsp3) is 0.500. The van der Waals surface area contributed by atoms with Crippen LogP contribution in [0, 0.1) is 0 Å². The van der Waals surface area contributed by atoms with Gasteiger partial charge in [-0.15, -0.1) is 0 Å². The number of ether oxygens (including phenoxy) is 1. The molecule has 0 atom stereocenters. The van der Waals surface area contributed by atoms with Crippen LogP contribution in [-0.2, 0) is 14.8 Å². The van der Waals surface area contributed by atoms with Crippen LogP contribution in [0.4, 0.5) is 0 Å². The van der Waals surface area contributed by atoms with Gasteiger partial charge in [0.05, 0.1) is 17.6 Å². The number of hydrogen-bond donors (Lipinski definition) is 2. The lowest BCUT2D eigenvalue weighted by molar-refractivity contribution is 0.0600. The average molecular weight is 312 g/mol. The molecule has 0 unspecified atom stereocenters. The van der Waals surface area contributed by atoms with E-state index in [-0.39, 0.29) is 10.5 Å². The molecule has 2 N–H and O–H groups in total. The Bertz CT molecular complexity index is 597. The van der Waals surface area contributed by atoms with Crippen LogP contribution in [0.15, 0.2) is 29.2 Å². The van der Waals surface area contributed by atoms with Crippen LogP contribution in [0.5, 0.6) is 0 Å². The van der Waals surface area contributed by atoms with Crippen molar-refractivity contribution in [3.05, 3.63) is 29.8 Å². The molecule has 116 valence electrons. The van der Waals surface area contributed by atoms with Crippen molar-refractivity contribution in [3.63, 3.8) is 0 Å². The summed E-state index contributed by atoms with van der Waals surface area (Å²) >= 11 is 0. The van der Waals surface area contributed by atoms with Crippen molar-refractivity contribution < 1.29 is 17.9 Å². The third kappa shape index (κ3) is 4.80. The highest BCUT2D eigenvalue weighted by atomic mass is 32.2. The Morgan fingerprint density at radius 2 is 2.10 bits per heavy atom. The maximum absolute atomic E-state index is 12.1. The zero-order chi connectivity index (χ0) is 15.3. The van der Waals surface area contributed by atoms with E-state index in [0.717, 1.165) is 13.0 Å². The van der Waals surface area contributed by atoms with Gasteiger partial charge in [0.15, 0.2) is 0 Å². The Kier molecular flexibility index (Phi) is 5.33. The molecule has 0 spiro atoms. The first-order valence-corrected chi connectivity index (χ1v) is 8.42. The molecule has 1 fully saturated rings. The van der Waals surface area contributed by atoms with Gasteiger partial charge in [-0.2, -0.15) is 0 Å². The second-order valence-electron chi connectivity index (χ2n) is 5.00. The number of nitrogens with one attached hydrogen (secondary N) is 2. The molecular weight excluding hydrogens is 292 g/mol. The molecule has 0 aliphatic heterocycles. The van der Waals surface area contributed by atoms with Gasteiger partial charge in [-0.1, -0.05) is 6.07 Å². The summed E-state index contributed by atoms with van der Waals surface area (Å²) in [7, 11) is -2.34. The molecule has 0 amide bonds. The number of carbonyl (C=O) groups is 1. The molecule has 1 aliphatic rings. The number of benzene rings is 1. The first-order valence-electron chi connectivity index (χ1n) is 6.94. The largest absolute Gasteiger partial charge is 0.465 e. The van der Waals surface area contributed by atoms with Crippen LogP contribution in [0.1, 0.15) is 29.6 Å². The van der Waals surface area contributed by atoms with Gasteiger partial charge in [-0.25, -0.2) is 17.9 Å². The summed E-state index contributed by atoms with van der Waals surface area (Å²) in [5.74, 6) is -0.555. The Morgan fingerprint density at radius 3 is 2.76 bits per heavy atom. The van der Waals surface area contributed by atoms with Crippen molar-refractivity contribution in [2.24, 2.45) is 0 Å². The Hall–Kier alpha value is -1.44. The first-order chi connectivity index (χ1) is 10.0. The van der Waals surface area contributed by atoms with Crippen molar-refractivity contribution in [1.29, 1.82) is 0 Å². The molecule has 0 bridgehead atoms. The van der Waals surface area contributed by atoms with Crippen molar-refractivity contribution in [3.8, 4) is 0 Å². The molecule has 1 aliphatic carbocycles. The van der Waals surface area contributed by atoms with Crippen molar-refractivity contribution in [1.82, 2.24) is 10.0 Å². The average Bonchev–Trinajstić information content (AvgIpc) is 3.30. The van der Waals surface area contributed by atoms with Crippen molar-refractivity contribution >= 4 is 16.0 Å². The standard InChI is InChI=1S/C14H20N2O4S/c1-20-14(17)11-4-2-5-13(10-11)21(18,19)16-9-3-8-15-12-6-7-12/h2,4-5,10,12,15-16H,3,6-9H2,1H3. The normalized spacial score (nSPS) is 14.9. The summed E-state index contributed by atoms with van der Waals surface area (Å²) in [5, 5.41) is 3.32. The van der Waals surface area contributed by atoms with E-state index in [4.69, 9.17) is 0 Å². The number of rotatable bonds is 8. The van der Waals surface area contributed by atoms with Gasteiger partial charge in [0.25, 0.3) is 0 Å². The van der Waals surface area contributed by atoms with E-state index in [9.17, 15) is 13.2 Å². The number of esters is 1. The smallest absolute Gasteiger partial charge is 0.337 e. The van der Waals surface area contributed by atoms with Gasteiger partial charge in [0.2, 0.25) is 10.0 Å². The summed E-state index contributed by atoms with van der Waals surface area (Å²) in [6, 6.07) is 6.44. The highest BCUT2D eigenvalue weighted by Gasteiger charge is 2.20. The molecule has 2 rings (SSSR count). The van der Waals surface area contributed by atoms with Gasteiger partial charge in [-0.05, 0) is 44.0 Å². The monoisotopic (exact) mass is 312 g/mol. The lowest BCUT2D eigenvalue weighted by atomic mass is 10.2. The van der Waals surface area contributed by atoms with E-state index >= 15 is 0 Å². The second-order valence-corrected chi connectivity index (χ2v) is 6.77. The Morgan fingerprint density at radius 1 is 1.33 bits per heavy atom. The lowest BCUT2D eigenvalue weighted by Gasteiger charge is -2.08. The molecule has 0 radical (unpaired) electrons. The molecule has 1 saturated carbocycles. The van der Waals surface area contributed by atoms with E-state index < -0.39 is 16.0 Å². The lowest BCUT2D eigenvalue weighted by Crippen LogP contribution is -2.28. The fourth-order valence-electron chi connectivity index (χ4n) is 1.88. The van der Waals surface area contributed by atoms with E-state index in [1.807, 2.05) is 0 Å². The third-order valence-corrected chi connectivity index (χ3v) is 4.68. The van der Waals surface area contributed by atoms with Crippen LogP contribution in [0.3, 0.4) is 0 Å². The van der Waals surface area contributed by atoms with E-state index in [1.165, 1.54) is 44.2 Å².